The highest BCUT2D eigenvalue weighted by molar-refractivity contribution is 6.30. The molecule has 19 heavy (non-hydrogen) atoms. The fourth-order valence-corrected chi connectivity index (χ4v) is 3.18. The molecule has 0 aliphatic carbocycles. The molecule has 0 bridgehead atoms. The van der Waals surface area contributed by atoms with Gasteiger partial charge in [0.15, 0.2) is 0 Å². The molecule has 3 nitrogen and oxygen atoms in total. The number of benzene rings is 1. The van der Waals surface area contributed by atoms with Crippen molar-refractivity contribution in [3.05, 3.63) is 34.9 Å². The van der Waals surface area contributed by atoms with E-state index in [-0.39, 0.29) is 23.1 Å². The van der Waals surface area contributed by atoms with Gasteiger partial charge < -0.3 is 0 Å². The molecule has 2 atom stereocenters. The first-order chi connectivity index (χ1) is 8.96. The van der Waals surface area contributed by atoms with Crippen molar-refractivity contribution in [2.45, 2.75) is 39.0 Å². The number of hydrogen-bond donors (Lipinski definition) is 1. The molecule has 1 aliphatic rings. The van der Waals surface area contributed by atoms with Gasteiger partial charge in [0.05, 0.1) is 5.92 Å². The second-order valence-electron chi connectivity index (χ2n) is 5.48. The fraction of sp³-hybridized carbons (Fsp3) is 0.467. The van der Waals surface area contributed by atoms with Crippen molar-refractivity contribution in [2.24, 2.45) is 5.41 Å². The maximum atomic E-state index is 12.2. The van der Waals surface area contributed by atoms with Crippen LogP contribution in [-0.2, 0) is 9.59 Å². The van der Waals surface area contributed by atoms with E-state index in [0.717, 1.165) is 18.4 Å². The van der Waals surface area contributed by atoms with Crippen LogP contribution in [0.4, 0.5) is 0 Å². The number of rotatable bonds is 3. The van der Waals surface area contributed by atoms with E-state index in [0.29, 0.717) is 11.4 Å². The van der Waals surface area contributed by atoms with Gasteiger partial charge in [-0.15, -0.1) is 0 Å². The molecule has 102 valence electrons. The van der Waals surface area contributed by atoms with Crippen LogP contribution in [0.25, 0.3) is 0 Å². The standard InChI is InChI=1S/C15H18ClNO2/c1-3-8-15(2)9-12(18)17-14(19)13(15)10-4-6-11(16)7-5-10/h4-7,13H,3,8-9H2,1-2H3,(H,17,18,19). The highest BCUT2D eigenvalue weighted by atomic mass is 35.5. The Labute approximate surface area is 118 Å². The van der Waals surface area contributed by atoms with E-state index in [9.17, 15) is 9.59 Å². The highest BCUT2D eigenvalue weighted by Gasteiger charge is 2.45. The molecule has 0 saturated carbocycles. The molecule has 0 radical (unpaired) electrons. The van der Waals surface area contributed by atoms with Crippen LogP contribution in [0.3, 0.4) is 0 Å². The predicted molar refractivity (Wildman–Crippen MR) is 75.0 cm³/mol. The molecule has 1 aromatic rings. The molecule has 1 fully saturated rings. The SMILES string of the molecule is CCCC1(C)CC(=O)NC(=O)C1c1ccc(Cl)cc1. The molecule has 1 N–H and O–H groups in total. The van der Waals surface area contributed by atoms with Crippen molar-refractivity contribution in [3.63, 3.8) is 0 Å². The van der Waals surface area contributed by atoms with Gasteiger partial charge in [-0.2, -0.15) is 0 Å². The predicted octanol–water partition coefficient (Wildman–Crippen LogP) is 3.28. The van der Waals surface area contributed by atoms with Gasteiger partial charge in [-0.25, -0.2) is 0 Å². The number of hydrogen-bond acceptors (Lipinski definition) is 2. The van der Waals surface area contributed by atoms with Gasteiger partial charge in [0.1, 0.15) is 0 Å². The third kappa shape index (κ3) is 2.81. The number of nitrogens with one attached hydrogen (secondary N) is 1. The van der Waals surface area contributed by atoms with Gasteiger partial charge >= 0.3 is 0 Å². The molecule has 2 amide bonds. The fourth-order valence-electron chi connectivity index (χ4n) is 3.05. The van der Waals surface area contributed by atoms with Crippen LogP contribution >= 0.6 is 11.6 Å². The molecule has 1 aliphatic heterocycles. The molecule has 1 aromatic carbocycles. The zero-order chi connectivity index (χ0) is 14.0. The summed E-state index contributed by atoms with van der Waals surface area (Å²) in [6.45, 7) is 4.09. The molecule has 1 saturated heterocycles. The van der Waals surface area contributed by atoms with E-state index >= 15 is 0 Å². The lowest BCUT2D eigenvalue weighted by Gasteiger charge is -2.40. The summed E-state index contributed by atoms with van der Waals surface area (Å²) in [5.41, 5.74) is 0.604. The van der Waals surface area contributed by atoms with Crippen LogP contribution in [0.1, 0.15) is 44.6 Å². The Kier molecular flexibility index (Phi) is 3.95. The molecule has 2 rings (SSSR count). The first kappa shape index (κ1) is 14.1. The molecule has 4 heteroatoms. The first-order valence-electron chi connectivity index (χ1n) is 6.55. The average Bonchev–Trinajstić information content (AvgIpc) is 2.30. The Balaban J connectivity index is 2.40. The van der Waals surface area contributed by atoms with Gasteiger partial charge in [0, 0.05) is 11.4 Å². The van der Waals surface area contributed by atoms with Crippen LogP contribution in [0.5, 0.6) is 0 Å². The zero-order valence-electron chi connectivity index (χ0n) is 11.2. The minimum Gasteiger partial charge on any atom is -0.296 e. The van der Waals surface area contributed by atoms with Crippen molar-refractivity contribution >= 4 is 23.4 Å². The van der Waals surface area contributed by atoms with Crippen molar-refractivity contribution in [1.82, 2.24) is 5.32 Å². The lowest BCUT2D eigenvalue weighted by molar-refractivity contribution is -0.139. The van der Waals surface area contributed by atoms with Gasteiger partial charge in [-0.1, -0.05) is 44.0 Å². The van der Waals surface area contributed by atoms with E-state index in [4.69, 9.17) is 11.6 Å². The first-order valence-corrected chi connectivity index (χ1v) is 6.93. The number of piperidine rings is 1. The summed E-state index contributed by atoms with van der Waals surface area (Å²) in [5.74, 6) is -0.664. The normalized spacial score (nSPS) is 27.2. The summed E-state index contributed by atoms with van der Waals surface area (Å²) < 4.78 is 0. The molecular formula is C15H18ClNO2. The van der Waals surface area contributed by atoms with Crippen LogP contribution in [0.2, 0.25) is 5.02 Å². The second kappa shape index (κ2) is 5.33. The smallest absolute Gasteiger partial charge is 0.234 e. The van der Waals surface area contributed by atoms with Crippen molar-refractivity contribution in [1.29, 1.82) is 0 Å². The topological polar surface area (TPSA) is 46.2 Å². The minimum atomic E-state index is -0.317. The lowest BCUT2D eigenvalue weighted by atomic mass is 9.66. The van der Waals surface area contributed by atoms with Crippen molar-refractivity contribution in [3.8, 4) is 0 Å². The van der Waals surface area contributed by atoms with Crippen molar-refractivity contribution < 1.29 is 9.59 Å². The summed E-state index contributed by atoms with van der Waals surface area (Å²) in [6.07, 6.45) is 2.18. The second-order valence-corrected chi connectivity index (χ2v) is 5.91. The van der Waals surface area contributed by atoms with Crippen LogP contribution < -0.4 is 5.32 Å². The number of carbonyl (C=O) groups is 2. The highest BCUT2D eigenvalue weighted by Crippen LogP contribution is 2.45. The van der Waals surface area contributed by atoms with Gasteiger partial charge in [-0.05, 0) is 29.5 Å². The summed E-state index contributed by atoms with van der Waals surface area (Å²) in [7, 11) is 0. The van der Waals surface area contributed by atoms with Crippen molar-refractivity contribution in [2.75, 3.05) is 0 Å². The van der Waals surface area contributed by atoms with E-state index in [1.165, 1.54) is 0 Å². The van der Waals surface area contributed by atoms with Gasteiger partial charge in [0.2, 0.25) is 11.8 Å². The monoisotopic (exact) mass is 279 g/mol. The third-order valence-electron chi connectivity index (χ3n) is 3.81. The van der Waals surface area contributed by atoms with Crippen LogP contribution in [-0.4, -0.2) is 11.8 Å². The van der Waals surface area contributed by atoms with Crippen LogP contribution in [0, 0.1) is 5.41 Å². The van der Waals surface area contributed by atoms with Crippen LogP contribution in [0.15, 0.2) is 24.3 Å². The quantitative estimate of drug-likeness (QED) is 0.863. The Morgan fingerprint density at radius 3 is 2.53 bits per heavy atom. The maximum Gasteiger partial charge on any atom is 0.234 e. The van der Waals surface area contributed by atoms with E-state index in [1.54, 1.807) is 12.1 Å². The zero-order valence-corrected chi connectivity index (χ0v) is 12.0. The minimum absolute atomic E-state index is 0.175. The Bertz CT molecular complexity index is 497. The summed E-state index contributed by atoms with van der Waals surface area (Å²) in [5, 5.41) is 3.09. The Morgan fingerprint density at radius 2 is 1.95 bits per heavy atom. The summed E-state index contributed by atoms with van der Waals surface area (Å²) >= 11 is 5.89. The lowest BCUT2D eigenvalue weighted by Crippen LogP contribution is -2.49. The third-order valence-corrected chi connectivity index (χ3v) is 4.06. The molecule has 1 heterocycles. The van der Waals surface area contributed by atoms with Gasteiger partial charge in [0.25, 0.3) is 0 Å². The van der Waals surface area contributed by atoms with E-state index in [1.807, 2.05) is 19.1 Å². The largest absolute Gasteiger partial charge is 0.296 e. The number of amides is 2. The average molecular weight is 280 g/mol. The van der Waals surface area contributed by atoms with Gasteiger partial charge in [-0.3, -0.25) is 14.9 Å². The maximum absolute atomic E-state index is 12.2. The molecule has 0 aromatic heterocycles. The molecule has 0 spiro atoms. The Hall–Kier alpha value is -1.35. The Morgan fingerprint density at radius 1 is 1.32 bits per heavy atom. The molecule has 2 unspecified atom stereocenters. The number of carbonyl (C=O) groups excluding carboxylic acids is 2. The van der Waals surface area contributed by atoms with E-state index in [2.05, 4.69) is 12.2 Å². The van der Waals surface area contributed by atoms with E-state index < -0.39 is 0 Å². The number of imide groups is 1. The summed E-state index contributed by atoms with van der Waals surface area (Å²) in [6, 6.07) is 7.31. The molecular weight excluding hydrogens is 262 g/mol. The number of halogens is 1. The summed E-state index contributed by atoms with van der Waals surface area (Å²) in [4.78, 5) is 23.9.